The van der Waals surface area contributed by atoms with E-state index >= 15 is 0 Å². The van der Waals surface area contributed by atoms with Gasteiger partial charge in [-0.05, 0) is 40.0 Å². The minimum Gasteiger partial charge on any atom is -0.481 e. The molecule has 1 aromatic carbocycles. The summed E-state index contributed by atoms with van der Waals surface area (Å²) in [5, 5.41) is 14.7. The number of benzene rings is 1. The average molecular weight is 364 g/mol. The van der Waals surface area contributed by atoms with Gasteiger partial charge in [-0.2, -0.15) is 0 Å². The van der Waals surface area contributed by atoms with Crippen LogP contribution >= 0.6 is 27.5 Å². The molecule has 1 aromatic rings. The van der Waals surface area contributed by atoms with Gasteiger partial charge in [-0.3, -0.25) is 4.79 Å². The van der Waals surface area contributed by atoms with E-state index in [4.69, 9.17) is 16.7 Å². The summed E-state index contributed by atoms with van der Waals surface area (Å²) in [6.07, 6.45) is 0. The molecule has 0 radical (unpaired) electrons. The molecule has 110 valence electrons. The van der Waals surface area contributed by atoms with Crippen LogP contribution in [0.1, 0.15) is 13.8 Å². The van der Waals surface area contributed by atoms with Crippen LogP contribution < -0.4 is 10.6 Å². The molecule has 0 spiro atoms. The largest absolute Gasteiger partial charge is 0.481 e. The van der Waals surface area contributed by atoms with Gasteiger partial charge in [0.05, 0.1) is 11.6 Å². The predicted molar refractivity (Wildman–Crippen MR) is 82.1 cm³/mol. The Kier molecular flexibility index (Phi) is 6.29. The SMILES string of the molecule is CC(C)C(CNC(=O)Nc1cc(Cl)ccc1Br)C(=O)O. The van der Waals surface area contributed by atoms with Crippen molar-refractivity contribution in [2.45, 2.75) is 13.8 Å². The van der Waals surface area contributed by atoms with E-state index in [0.717, 1.165) is 0 Å². The lowest BCUT2D eigenvalue weighted by Crippen LogP contribution is -2.37. The summed E-state index contributed by atoms with van der Waals surface area (Å²) in [4.78, 5) is 22.8. The number of anilines is 1. The quantitative estimate of drug-likeness (QED) is 0.748. The number of rotatable bonds is 5. The molecule has 7 heteroatoms. The lowest BCUT2D eigenvalue weighted by Gasteiger charge is -2.17. The number of carboxylic acids is 1. The molecule has 2 amide bonds. The monoisotopic (exact) mass is 362 g/mol. The fourth-order valence-corrected chi connectivity index (χ4v) is 2.09. The molecule has 0 fully saturated rings. The zero-order valence-corrected chi connectivity index (χ0v) is 13.5. The third kappa shape index (κ3) is 5.02. The highest BCUT2D eigenvalue weighted by Gasteiger charge is 2.22. The summed E-state index contributed by atoms with van der Waals surface area (Å²) in [6.45, 7) is 3.66. The van der Waals surface area contributed by atoms with Gasteiger partial charge in [0.15, 0.2) is 0 Å². The highest BCUT2D eigenvalue weighted by atomic mass is 79.9. The molecule has 0 aromatic heterocycles. The van der Waals surface area contributed by atoms with Gasteiger partial charge < -0.3 is 15.7 Å². The Morgan fingerprint density at radius 1 is 1.40 bits per heavy atom. The van der Waals surface area contributed by atoms with Crippen LogP contribution in [0.5, 0.6) is 0 Å². The molecule has 0 aliphatic carbocycles. The number of carbonyl (C=O) groups is 2. The summed E-state index contributed by atoms with van der Waals surface area (Å²) in [5.74, 6) is -1.61. The zero-order chi connectivity index (χ0) is 15.3. The Bertz CT molecular complexity index is 508. The van der Waals surface area contributed by atoms with Crippen LogP contribution in [0.4, 0.5) is 10.5 Å². The van der Waals surface area contributed by atoms with Crippen LogP contribution in [-0.2, 0) is 4.79 Å². The molecular formula is C13H16BrClN2O3. The van der Waals surface area contributed by atoms with E-state index in [1.54, 1.807) is 32.0 Å². The minimum absolute atomic E-state index is 0.0642. The second kappa shape index (κ2) is 7.50. The highest BCUT2D eigenvalue weighted by Crippen LogP contribution is 2.25. The van der Waals surface area contributed by atoms with Gasteiger partial charge in [0.1, 0.15) is 0 Å². The Balaban J connectivity index is 2.60. The number of halogens is 2. The molecular weight excluding hydrogens is 348 g/mol. The van der Waals surface area contributed by atoms with Crippen molar-refractivity contribution in [3.05, 3.63) is 27.7 Å². The Labute approximate surface area is 130 Å². The van der Waals surface area contributed by atoms with Crippen molar-refractivity contribution in [3.63, 3.8) is 0 Å². The minimum atomic E-state index is -0.927. The lowest BCUT2D eigenvalue weighted by molar-refractivity contribution is -0.142. The van der Waals surface area contributed by atoms with Crippen molar-refractivity contribution in [3.8, 4) is 0 Å². The van der Waals surface area contributed by atoms with Crippen LogP contribution in [0.3, 0.4) is 0 Å². The number of nitrogens with one attached hydrogen (secondary N) is 2. The van der Waals surface area contributed by atoms with Crippen LogP contribution in [0.25, 0.3) is 0 Å². The first-order valence-corrected chi connectivity index (χ1v) is 7.21. The molecule has 0 bridgehead atoms. The molecule has 0 saturated carbocycles. The molecule has 5 nitrogen and oxygen atoms in total. The van der Waals surface area contributed by atoms with Crippen molar-refractivity contribution in [1.29, 1.82) is 0 Å². The third-order valence-corrected chi connectivity index (χ3v) is 3.71. The van der Waals surface area contributed by atoms with Crippen molar-refractivity contribution in [1.82, 2.24) is 5.32 Å². The normalized spacial score (nSPS) is 12.1. The molecule has 0 aliphatic rings. The Hall–Kier alpha value is -1.27. The first-order valence-electron chi connectivity index (χ1n) is 6.04. The third-order valence-electron chi connectivity index (χ3n) is 2.78. The van der Waals surface area contributed by atoms with Gasteiger partial charge in [-0.25, -0.2) is 4.79 Å². The summed E-state index contributed by atoms with van der Waals surface area (Å²) in [5.41, 5.74) is 0.520. The van der Waals surface area contributed by atoms with E-state index in [9.17, 15) is 9.59 Å². The molecule has 0 heterocycles. The number of carboxylic acid groups (broad SMARTS) is 1. The standard InChI is InChI=1S/C13H16BrClN2O3/c1-7(2)9(12(18)19)6-16-13(20)17-11-5-8(15)3-4-10(11)14/h3-5,7,9H,6H2,1-2H3,(H,18,19)(H2,16,17,20). The Morgan fingerprint density at radius 2 is 2.05 bits per heavy atom. The molecule has 20 heavy (non-hydrogen) atoms. The van der Waals surface area contributed by atoms with Crippen molar-refractivity contribution < 1.29 is 14.7 Å². The van der Waals surface area contributed by atoms with E-state index in [0.29, 0.717) is 15.2 Å². The molecule has 3 N–H and O–H groups in total. The van der Waals surface area contributed by atoms with Crippen LogP contribution in [0.15, 0.2) is 22.7 Å². The molecule has 1 unspecified atom stereocenters. The average Bonchev–Trinajstić information content (AvgIpc) is 2.33. The highest BCUT2D eigenvalue weighted by molar-refractivity contribution is 9.10. The maximum atomic E-state index is 11.7. The van der Waals surface area contributed by atoms with Crippen molar-refractivity contribution >= 4 is 45.2 Å². The van der Waals surface area contributed by atoms with E-state index < -0.39 is 17.9 Å². The smallest absolute Gasteiger partial charge is 0.319 e. The molecule has 0 aliphatic heterocycles. The number of hydrogen-bond acceptors (Lipinski definition) is 2. The topological polar surface area (TPSA) is 78.4 Å². The number of urea groups is 1. The fraction of sp³-hybridized carbons (Fsp3) is 0.385. The second-order valence-electron chi connectivity index (χ2n) is 4.65. The first-order chi connectivity index (χ1) is 9.31. The predicted octanol–water partition coefficient (Wildman–Crippen LogP) is 3.58. The molecule has 1 rings (SSSR count). The van der Waals surface area contributed by atoms with Crippen LogP contribution in [-0.4, -0.2) is 23.7 Å². The molecule has 0 saturated heterocycles. The van der Waals surface area contributed by atoms with Crippen LogP contribution in [0, 0.1) is 11.8 Å². The summed E-state index contributed by atoms with van der Waals surface area (Å²) < 4.78 is 0.690. The van der Waals surface area contributed by atoms with E-state index in [1.807, 2.05) is 0 Å². The van der Waals surface area contributed by atoms with Gasteiger partial charge in [0.2, 0.25) is 0 Å². The van der Waals surface area contributed by atoms with E-state index in [1.165, 1.54) is 0 Å². The zero-order valence-electron chi connectivity index (χ0n) is 11.1. The summed E-state index contributed by atoms with van der Waals surface area (Å²) in [7, 11) is 0. The van der Waals surface area contributed by atoms with E-state index in [-0.39, 0.29) is 12.5 Å². The van der Waals surface area contributed by atoms with Gasteiger partial charge in [-0.1, -0.05) is 25.4 Å². The van der Waals surface area contributed by atoms with Crippen molar-refractivity contribution in [2.24, 2.45) is 11.8 Å². The Morgan fingerprint density at radius 3 is 2.60 bits per heavy atom. The fourth-order valence-electron chi connectivity index (χ4n) is 1.57. The van der Waals surface area contributed by atoms with Gasteiger partial charge in [-0.15, -0.1) is 0 Å². The maximum absolute atomic E-state index is 11.7. The maximum Gasteiger partial charge on any atom is 0.319 e. The number of amides is 2. The second-order valence-corrected chi connectivity index (χ2v) is 5.94. The van der Waals surface area contributed by atoms with E-state index in [2.05, 4.69) is 26.6 Å². The van der Waals surface area contributed by atoms with Crippen molar-refractivity contribution in [2.75, 3.05) is 11.9 Å². The van der Waals surface area contributed by atoms with Gasteiger partial charge in [0.25, 0.3) is 0 Å². The lowest BCUT2D eigenvalue weighted by atomic mass is 9.96. The first kappa shape index (κ1) is 16.8. The number of hydrogen-bond donors (Lipinski definition) is 3. The van der Waals surface area contributed by atoms with Gasteiger partial charge >= 0.3 is 12.0 Å². The van der Waals surface area contributed by atoms with Crippen LogP contribution in [0.2, 0.25) is 5.02 Å². The molecule has 1 atom stereocenters. The number of carbonyl (C=O) groups excluding carboxylic acids is 1. The summed E-state index contributed by atoms with van der Waals surface area (Å²) in [6, 6.07) is 4.53. The van der Waals surface area contributed by atoms with Gasteiger partial charge in [0, 0.05) is 16.0 Å². The summed E-state index contributed by atoms with van der Waals surface area (Å²) >= 11 is 9.13. The number of aliphatic carboxylic acids is 1.